The number of aromatic nitrogens is 1. The summed E-state index contributed by atoms with van der Waals surface area (Å²) in [6.07, 6.45) is 2.05. The average Bonchev–Trinajstić information content (AvgIpc) is 3.04. The van der Waals surface area contributed by atoms with Gasteiger partial charge in [-0.2, -0.15) is 0 Å². The number of carbonyl (C=O) groups excluding carboxylic acids is 3. The van der Waals surface area contributed by atoms with Crippen molar-refractivity contribution in [3.05, 3.63) is 71.9 Å². The van der Waals surface area contributed by atoms with Gasteiger partial charge in [0.2, 0.25) is 11.8 Å². The Kier molecular flexibility index (Phi) is 6.06. The summed E-state index contributed by atoms with van der Waals surface area (Å²) in [5.41, 5.74) is 7.12. The molecule has 0 atom stereocenters. The topological polar surface area (TPSA) is 92.2 Å². The number of para-hydroxylation sites is 1. The molecule has 0 spiro atoms. The molecule has 0 aliphatic heterocycles. The smallest absolute Gasteiger partial charge is 0.271 e. The fourth-order valence-electron chi connectivity index (χ4n) is 2.94. The molecule has 0 aliphatic rings. The molecule has 7 heteroatoms. The first kappa shape index (κ1) is 19.2. The lowest BCUT2D eigenvalue weighted by Crippen LogP contribution is -2.42. The number of amides is 3. The molecule has 0 fully saturated rings. The highest BCUT2D eigenvalue weighted by molar-refractivity contribution is 6.07. The van der Waals surface area contributed by atoms with Gasteiger partial charge in [0.25, 0.3) is 5.91 Å². The Balaban J connectivity index is 1.42. The van der Waals surface area contributed by atoms with Crippen molar-refractivity contribution >= 4 is 28.6 Å². The van der Waals surface area contributed by atoms with Crippen molar-refractivity contribution in [2.24, 2.45) is 7.05 Å². The van der Waals surface area contributed by atoms with E-state index >= 15 is 0 Å². The van der Waals surface area contributed by atoms with Crippen molar-refractivity contribution in [3.8, 4) is 0 Å². The third kappa shape index (κ3) is 4.76. The number of hydrogen-bond donors (Lipinski definition) is 3. The molecule has 0 radical (unpaired) electrons. The summed E-state index contributed by atoms with van der Waals surface area (Å²) in [6, 6.07) is 16.9. The molecule has 7 nitrogen and oxygen atoms in total. The molecule has 28 heavy (non-hydrogen) atoms. The van der Waals surface area contributed by atoms with E-state index in [4.69, 9.17) is 0 Å². The predicted molar refractivity (Wildman–Crippen MR) is 106 cm³/mol. The van der Waals surface area contributed by atoms with Crippen LogP contribution in [0.25, 0.3) is 10.9 Å². The van der Waals surface area contributed by atoms with E-state index in [2.05, 4.69) is 16.2 Å². The van der Waals surface area contributed by atoms with Gasteiger partial charge in [-0.3, -0.25) is 25.2 Å². The average molecular weight is 378 g/mol. The molecule has 0 saturated carbocycles. The van der Waals surface area contributed by atoms with Gasteiger partial charge in [-0.15, -0.1) is 0 Å². The van der Waals surface area contributed by atoms with Crippen LogP contribution in [-0.4, -0.2) is 28.8 Å². The first-order valence-electron chi connectivity index (χ1n) is 8.98. The molecule has 0 unspecified atom stereocenters. The van der Waals surface area contributed by atoms with Gasteiger partial charge in [0.1, 0.15) is 0 Å². The van der Waals surface area contributed by atoms with E-state index in [1.165, 1.54) is 0 Å². The van der Waals surface area contributed by atoms with Crippen molar-refractivity contribution < 1.29 is 14.4 Å². The van der Waals surface area contributed by atoms with Crippen LogP contribution in [-0.2, 0) is 23.1 Å². The highest BCUT2D eigenvalue weighted by Gasteiger charge is 2.14. The van der Waals surface area contributed by atoms with Crippen LogP contribution in [0.4, 0.5) is 0 Å². The summed E-state index contributed by atoms with van der Waals surface area (Å²) < 4.78 is 1.86. The second kappa shape index (κ2) is 8.85. The van der Waals surface area contributed by atoms with Gasteiger partial charge in [0.05, 0.1) is 12.0 Å². The van der Waals surface area contributed by atoms with Crippen molar-refractivity contribution in [1.29, 1.82) is 0 Å². The Labute approximate surface area is 162 Å². The van der Waals surface area contributed by atoms with E-state index in [-0.39, 0.29) is 31.2 Å². The molecule has 1 heterocycles. The molecular weight excluding hydrogens is 356 g/mol. The van der Waals surface area contributed by atoms with Gasteiger partial charge in [0, 0.05) is 37.1 Å². The summed E-state index contributed by atoms with van der Waals surface area (Å²) in [5, 5.41) is 3.50. The van der Waals surface area contributed by atoms with Crippen LogP contribution in [0, 0.1) is 0 Å². The van der Waals surface area contributed by atoms with Crippen LogP contribution in [0.2, 0.25) is 0 Å². The minimum atomic E-state index is -0.390. The van der Waals surface area contributed by atoms with Crippen molar-refractivity contribution in [2.75, 3.05) is 6.54 Å². The number of aryl methyl sites for hydroxylation is 1. The van der Waals surface area contributed by atoms with E-state index in [0.29, 0.717) is 5.56 Å². The van der Waals surface area contributed by atoms with Crippen LogP contribution in [0.15, 0.2) is 60.8 Å². The number of hydrazine groups is 1. The number of hydrogen-bond acceptors (Lipinski definition) is 3. The SMILES string of the molecule is Cn1cc(C(=O)NNC(=O)CCNC(=O)Cc2ccccc2)c2ccccc21. The third-order valence-electron chi connectivity index (χ3n) is 4.34. The monoisotopic (exact) mass is 378 g/mol. The van der Waals surface area contributed by atoms with E-state index in [9.17, 15) is 14.4 Å². The van der Waals surface area contributed by atoms with Gasteiger partial charge in [-0.05, 0) is 11.6 Å². The lowest BCUT2D eigenvalue weighted by molar-refractivity contribution is -0.122. The van der Waals surface area contributed by atoms with Crippen LogP contribution < -0.4 is 16.2 Å². The summed E-state index contributed by atoms with van der Waals surface area (Å²) in [4.78, 5) is 36.1. The lowest BCUT2D eigenvalue weighted by atomic mass is 10.1. The van der Waals surface area contributed by atoms with E-state index in [1.807, 2.05) is 66.2 Å². The summed E-state index contributed by atoms with van der Waals surface area (Å²) in [7, 11) is 1.86. The Morgan fingerprint density at radius 1 is 0.893 bits per heavy atom. The number of fused-ring (bicyclic) bond motifs is 1. The third-order valence-corrected chi connectivity index (χ3v) is 4.34. The molecule has 0 bridgehead atoms. The first-order valence-corrected chi connectivity index (χ1v) is 8.98. The fraction of sp³-hybridized carbons (Fsp3) is 0.190. The first-order chi connectivity index (χ1) is 13.5. The molecule has 144 valence electrons. The number of carbonyl (C=O) groups is 3. The van der Waals surface area contributed by atoms with Crippen LogP contribution in [0.1, 0.15) is 22.3 Å². The quantitative estimate of drug-likeness (QED) is 0.570. The molecular formula is C21H22N4O3. The van der Waals surface area contributed by atoms with Crippen molar-refractivity contribution in [3.63, 3.8) is 0 Å². The maximum atomic E-state index is 12.4. The maximum absolute atomic E-state index is 12.4. The number of nitrogens with one attached hydrogen (secondary N) is 3. The Morgan fingerprint density at radius 2 is 1.61 bits per heavy atom. The predicted octanol–water partition coefficient (Wildman–Crippen LogP) is 1.69. The highest BCUT2D eigenvalue weighted by Crippen LogP contribution is 2.19. The minimum Gasteiger partial charge on any atom is -0.355 e. The minimum absolute atomic E-state index is 0.0658. The molecule has 1 aromatic heterocycles. The molecule has 3 rings (SSSR count). The zero-order valence-electron chi connectivity index (χ0n) is 15.6. The molecule has 0 aliphatic carbocycles. The van der Waals surface area contributed by atoms with Crippen molar-refractivity contribution in [1.82, 2.24) is 20.7 Å². The standard InChI is InChI=1S/C21H22N4O3/c1-25-14-17(16-9-5-6-10-18(16)25)21(28)24-23-19(26)11-12-22-20(27)13-15-7-3-2-4-8-15/h2-10,14H,11-13H2,1H3,(H,22,27)(H,23,26)(H,24,28). The van der Waals surface area contributed by atoms with Crippen LogP contribution in [0.5, 0.6) is 0 Å². The molecule has 3 N–H and O–H groups in total. The number of benzene rings is 2. The molecule has 3 amide bonds. The lowest BCUT2D eigenvalue weighted by Gasteiger charge is -2.08. The fourth-order valence-corrected chi connectivity index (χ4v) is 2.94. The van der Waals surface area contributed by atoms with Crippen LogP contribution >= 0.6 is 0 Å². The summed E-state index contributed by atoms with van der Waals surface area (Å²) in [5.74, 6) is -0.925. The van der Waals surface area contributed by atoms with Gasteiger partial charge < -0.3 is 9.88 Å². The van der Waals surface area contributed by atoms with Gasteiger partial charge >= 0.3 is 0 Å². The van der Waals surface area contributed by atoms with Gasteiger partial charge in [0.15, 0.2) is 0 Å². The Hall–Kier alpha value is -3.61. The summed E-state index contributed by atoms with van der Waals surface area (Å²) in [6.45, 7) is 0.196. The van der Waals surface area contributed by atoms with Crippen LogP contribution in [0.3, 0.4) is 0 Å². The van der Waals surface area contributed by atoms with E-state index in [0.717, 1.165) is 16.5 Å². The second-order valence-electron chi connectivity index (χ2n) is 6.44. The van der Waals surface area contributed by atoms with Crippen molar-refractivity contribution in [2.45, 2.75) is 12.8 Å². The zero-order chi connectivity index (χ0) is 19.9. The van der Waals surface area contributed by atoms with Gasteiger partial charge in [-0.25, -0.2) is 0 Å². The number of rotatable bonds is 6. The summed E-state index contributed by atoms with van der Waals surface area (Å²) >= 11 is 0. The second-order valence-corrected chi connectivity index (χ2v) is 6.44. The molecule has 3 aromatic rings. The van der Waals surface area contributed by atoms with Gasteiger partial charge in [-0.1, -0.05) is 48.5 Å². The maximum Gasteiger partial charge on any atom is 0.271 e. The normalized spacial score (nSPS) is 10.5. The number of nitrogens with zero attached hydrogens (tertiary/aromatic N) is 1. The van der Waals surface area contributed by atoms with E-state index in [1.54, 1.807) is 6.20 Å². The molecule has 2 aromatic carbocycles. The Morgan fingerprint density at radius 3 is 2.39 bits per heavy atom. The molecule has 0 saturated heterocycles. The highest BCUT2D eigenvalue weighted by atomic mass is 16.2. The largest absolute Gasteiger partial charge is 0.355 e. The zero-order valence-corrected chi connectivity index (χ0v) is 15.6. The Bertz CT molecular complexity index is 995. The van der Waals surface area contributed by atoms with E-state index < -0.39 is 5.91 Å².